The van der Waals surface area contributed by atoms with Gasteiger partial charge in [0.15, 0.2) is 0 Å². The molecule has 0 radical (unpaired) electrons. The van der Waals surface area contributed by atoms with Crippen LogP contribution in [0.5, 0.6) is 0 Å². The number of amides is 1. The van der Waals surface area contributed by atoms with E-state index in [-0.39, 0.29) is 11.3 Å². The molecule has 1 aromatic carbocycles. The lowest BCUT2D eigenvalue weighted by Gasteiger charge is -2.40. The molecule has 4 heteroatoms. The maximum atomic E-state index is 12.7. The maximum absolute atomic E-state index is 12.7. The van der Waals surface area contributed by atoms with Gasteiger partial charge in [-0.25, -0.2) is 0 Å². The third-order valence-corrected chi connectivity index (χ3v) is 4.49. The Kier molecular flexibility index (Phi) is 3.57. The van der Waals surface area contributed by atoms with Gasteiger partial charge in [0, 0.05) is 10.7 Å². The van der Waals surface area contributed by atoms with Crippen LogP contribution in [0.4, 0.5) is 5.69 Å². The number of carbonyl (C=O) groups is 1. The van der Waals surface area contributed by atoms with Gasteiger partial charge in [-0.05, 0) is 42.7 Å². The number of aromatic nitrogens is 1. The largest absolute Gasteiger partial charge is 0.324 e. The molecule has 2 aromatic rings. The van der Waals surface area contributed by atoms with Gasteiger partial charge in [-0.3, -0.25) is 9.78 Å². The molecule has 1 aliphatic rings. The van der Waals surface area contributed by atoms with E-state index in [0.29, 0.717) is 0 Å². The first-order valence-corrected chi connectivity index (χ1v) is 7.47. The third kappa shape index (κ3) is 2.36. The lowest BCUT2D eigenvalue weighted by molar-refractivity contribution is -0.124. The van der Waals surface area contributed by atoms with Crippen molar-refractivity contribution in [3.8, 4) is 0 Å². The van der Waals surface area contributed by atoms with Crippen LogP contribution in [0.3, 0.4) is 0 Å². The molecular weight excluding hydrogens is 316 g/mol. The minimum Gasteiger partial charge on any atom is -0.324 e. The van der Waals surface area contributed by atoms with E-state index in [1.165, 1.54) is 0 Å². The fourth-order valence-corrected chi connectivity index (χ4v) is 2.90. The average Bonchev–Trinajstić information content (AvgIpc) is 2.41. The Morgan fingerprint density at radius 3 is 2.50 bits per heavy atom. The Balaban J connectivity index is 1.85. The Bertz CT molecular complexity index is 606. The zero-order valence-electron chi connectivity index (χ0n) is 11.0. The number of hydrogen-bond acceptors (Lipinski definition) is 2. The van der Waals surface area contributed by atoms with Gasteiger partial charge in [0.05, 0.1) is 17.3 Å². The molecule has 0 spiro atoms. The van der Waals surface area contributed by atoms with E-state index in [1.807, 2.05) is 36.4 Å². The van der Waals surface area contributed by atoms with Gasteiger partial charge in [0.2, 0.25) is 5.91 Å². The topological polar surface area (TPSA) is 42.0 Å². The standard InChI is InChI=1S/C16H15BrN2O/c17-13-6-4-12(5-7-13)16(8-2-9-16)15(20)19-14-3-1-10-18-11-14/h1,3-7,10-11H,2,8-9H2,(H,19,20). The number of benzene rings is 1. The van der Waals surface area contributed by atoms with Crippen LogP contribution in [0.2, 0.25) is 0 Å². The van der Waals surface area contributed by atoms with Gasteiger partial charge < -0.3 is 5.32 Å². The summed E-state index contributed by atoms with van der Waals surface area (Å²) >= 11 is 3.43. The molecule has 0 atom stereocenters. The van der Waals surface area contributed by atoms with Crippen LogP contribution in [-0.4, -0.2) is 10.9 Å². The summed E-state index contributed by atoms with van der Waals surface area (Å²) in [6, 6.07) is 11.7. The highest BCUT2D eigenvalue weighted by atomic mass is 79.9. The van der Waals surface area contributed by atoms with E-state index >= 15 is 0 Å². The first kappa shape index (κ1) is 13.3. The van der Waals surface area contributed by atoms with Crippen molar-refractivity contribution in [3.05, 3.63) is 58.8 Å². The molecule has 0 aliphatic heterocycles. The summed E-state index contributed by atoms with van der Waals surface area (Å²) < 4.78 is 1.03. The first-order chi connectivity index (χ1) is 9.71. The van der Waals surface area contributed by atoms with Crippen molar-refractivity contribution in [2.75, 3.05) is 5.32 Å². The number of rotatable bonds is 3. The molecule has 1 amide bonds. The van der Waals surface area contributed by atoms with Crippen molar-refractivity contribution in [3.63, 3.8) is 0 Å². The van der Waals surface area contributed by atoms with Gasteiger partial charge in [-0.1, -0.05) is 34.5 Å². The number of nitrogens with one attached hydrogen (secondary N) is 1. The minimum absolute atomic E-state index is 0.0686. The van der Waals surface area contributed by atoms with Crippen molar-refractivity contribution in [1.82, 2.24) is 4.98 Å². The molecule has 102 valence electrons. The van der Waals surface area contributed by atoms with E-state index in [9.17, 15) is 4.79 Å². The molecule has 1 heterocycles. The predicted molar refractivity (Wildman–Crippen MR) is 82.5 cm³/mol. The molecule has 3 nitrogen and oxygen atoms in total. The number of nitrogens with zero attached hydrogens (tertiary/aromatic N) is 1. The zero-order chi connectivity index (χ0) is 14.0. The molecule has 1 saturated carbocycles. The van der Waals surface area contributed by atoms with Crippen molar-refractivity contribution in [1.29, 1.82) is 0 Å². The first-order valence-electron chi connectivity index (χ1n) is 6.68. The number of pyridine rings is 1. The Morgan fingerprint density at radius 1 is 1.20 bits per heavy atom. The monoisotopic (exact) mass is 330 g/mol. The molecule has 1 aliphatic carbocycles. The predicted octanol–water partition coefficient (Wildman–Crippen LogP) is 3.90. The lowest BCUT2D eigenvalue weighted by Crippen LogP contribution is -2.46. The Hall–Kier alpha value is -1.68. The molecule has 0 unspecified atom stereocenters. The smallest absolute Gasteiger partial charge is 0.235 e. The van der Waals surface area contributed by atoms with Crippen LogP contribution in [0.15, 0.2) is 53.3 Å². The van der Waals surface area contributed by atoms with Gasteiger partial charge in [0.1, 0.15) is 0 Å². The second-order valence-electron chi connectivity index (χ2n) is 5.14. The van der Waals surface area contributed by atoms with Crippen LogP contribution < -0.4 is 5.32 Å². The fraction of sp³-hybridized carbons (Fsp3) is 0.250. The SMILES string of the molecule is O=C(Nc1cccnc1)C1(c2ccc(Br)cc2)CCC1. The van der Waals surface area contributed by atoms with Crippen molar-refractivity contribution in [2.24, 2.45) is 0 Å². The van der Waals surface area contributed by atoms with E-state index in [1.54, 1.807) is 12.4 Å². The highest BCUT2D eigenvalue weighted by Crippen LogP contribution is 2.44. The van der Waals surface area contributed by atoms with E-state index in [0.717, 1.165) is 35.0 Å². The number of hydrogen-bond donors (Lipinski definition) is 1. The van der Waals surface area contributed by atoms with Crippen LogP contribution in [0.1, 0.15) is 24.8 Å². The highest BCUT2D eigenvalue weighted by molar-refractivity contribution is 9.10. The summed E-state index contributed by atoms with van der Waals surface area (Å²) in [5.41, 5.74) is 1.46. The molecule has 1 N–H and O–H groups in total. The maximum Gasteiger partial charge on any atom is 0.235 e. The van der Waals surface area contributed by atoms with Gasteiger partial charge in [-0.15, -0.1) is 0 Å². The summed E-state index contributed by atoms with van der Waals surface area (Å²) in [5.74, 6) is 0.0686. The number of halogens is 1. The third-order valence-electron chi connectivity index (χ3n) is 3.96. The lowest BCUT2D eigenvalue weighted by atomic mass is 9.64. The fourth-order valence-electron chi connectivity index (χ4n) is 2.63. The van der Waals surface area contributed by atoms with Crippen molar-refractivity contribution >= 4 is 27.5 Å². The molecular formula is C16H15BrN2O. The quantitative estimate of drug-likeness (QED) is 0.927. The molecule has 0 saturated heterocycles. The van der Waals surface area contributed by atoms with Gasteiger partial charge in [-0.2, -0.15) is 0 Å². The van der Waals surface area contributed by atoms with Crippen LogP contribution in [0, 0.1) is 0 Å². The summed E-state index contributed by atoms with van der Waals surface area (Å²) in [5, 5.41) is 2.98. The molecule has 1 fully saturated rings. The van der Waals surface area contributed by atoms with Gasteiger partial charge in [0.25, 0.3) is 0 Å². The van der Waals surface area contributed by atoms with Crippen LogP contribution in [0.25, 0.3) is 0 Å². The molecule has 0 bridgehead atoms. The summed E-state index contributed by atoms with van der Waals surface area (Å²) in [6.45, 7) is 0. The second kappa shape index (κ2) is 5.37. The average molecular weight is 331 g/mol. The van der Waals surface area contributed by atoms with E-state index in [2.05, 4.69) is 26.2 Å². The van der Waals surface area contributed by atoms with Crippen LogP contribution in [-0.2, 0) is 10.2 Å². The highest BCUT2D eigenvalue weighted by Gasteiger charge is 2.45. The summed E-state index contributed by atoms with van der Waals surface area (Å²) in [4.78, 5) is 16.7. The van der Waals surface area contributed by atoms with Crippen LogP contribution >= 0.6 is 15.9 Å². The van der Waals surface area contributed by atoms with Crippen molar-refractivity contribution in [2.45, 2.75) is 24.7 Å². The second-order valence-corrected chi connectivity index (χ2v) is 6.05. The Labute approximate surface area is 126 Å². The van der Waals surface area contributed by atoms with Gasteiger partial charge >= 0.3 is 0 Å². The summed E-state index contributed by atoms with van der Waals surface area (Å²) in [7, 11) is 0. The summed E-state index contributed by atoms with van der Waals surface area (Å²) in [6.07, 6.45) is 6.27. The minimum atomic E-state index is -0.378. The van der Waals surface area contributed by atoms with E-state index in [4.69, 9.17) is 0 Å². The molecule has 1 aromatic heterocycles. The normalized spacial score (nSPS) is 16.2. The number of anilines is 1. The van der Waals surface area contributed by atoms with E-state index < -0.39 is 0 Å². The zero-order valence-corrected chi connectivity index (χ0v) is 12.6. The van der Waals surface area contributed by atoms with Crippen molar-refractivity contribution < 1.29 is 4.79 Å². The Morgan fingerprint density at radius 2 is 1.95 bits per heavy atom. The number of carbonyl (C=O) groups excluding carboxylic acids is 1. The molecule has 3 rings (SSSR count). The molecule has 20 heavy (non-hydrogen) atoms.